The van der Waals surface area contributed by atoms with E-state index in [0.717, 1.165) is 6.07 Å². The van der Waals surface area contributed by atoms with Crippen molar-refractivity contribution in [1.82, 2.24) is 5.16 Å². The second kappa shape index (κ2) is 3.80. The van der Waals surface area contributed by atoms with E-state index in [4.69, 9.17) is 10.5 Å². The van der Waals surface area contributed by atoms with Crippen LogP contribution in [0.5, 0.6) is 5.75 Å². The minimum Gasteiger partial charge on any atom is -0.494 e. The summed E-state index contributed by atoms with van der Waals surface area (Å²) in [6.45, 7) is 0. The standard InChI is InChI=1S/C10H8F2N2O2/c1-15-7-3-2-5(11)9(10(7)12)6-4-8(13)16-14-6/h2-4H,13H2,1H3. The topological polar surface area (TPSA) is 61.3 Å². The second-order valence-corrected chi connectivity index (χ2v) is 3.05. The summed E-state index contributed by atoms with van der Waals surface area (Å²) in [5.74, 6) is -1.68. The first kappa shape index (κ1) is 10.4. The molecular formula is C10H8F2N2O2. The molecule has 1 heterocycles. The van der Waals surface area contributed by atoms with Crippen LogP contribution in [0, 0.1) is 11.6 Å². The highest BCUT2D eigenvalue weighted by molar-refractivity contribution is 5.64. The third kappa shape index (κ3) is 1.58. The van der Waals surface area contributed by atoms with Gasteiger partial charge < -0.3 is 15.0 Å². The van der Waals surface area contributed by atoms with Gasteiger partial charge in [0.2, 0.25) is 5.88 Å². The first-order valence-electron chi connectivity index (χ1n) is 4.38. The molecule has 2 rings (SSSR count). The quantitative estimate of drug-likeness (QED) is 0.852. The van der Waals surface area contributed by atoms with Gasteiger partial charge in [0.1, 0.15) is 11.5 Å². The lowest BCUT2D eigenvalue weighted by Gasteiger charge is -2.05. The summed E-state index contributed by atoms with van der Waals surface area (Å²) in [7, 11) is 1.29. The molecule has 0 fully saturated rings. The number of ether oxygens (including phenoxy) is 1. The molecule has 0 bridgehead atoms. The zero-order valence-corrected chi connectivity index (χ0v) is 8.33. The summed E-state index contributed by atoms with van der Waals surface area (Å²) < 4.78 is 36.5. The molecule has 0 amide bonds. The Hall–Kier alpha value is -2.11. The Kier molecular flexibility index (Phi) is 2.47. The van der Waals surface area contributed by atoms with E-state index in [9.17, 15) is 8.78 Å². The van der Waals surface area contributed by atoms with Gasteiger partial charge >= 0.3 is 0 Å². The molecule has 0 unspecified atom stereocenters. The molecule has 84 valence electrons. The molecule has 4 nitrogen and oxygen atoms in total. The van der Waals surface area contributed by atoms with Crippen LogP contribution in [-0.4, -0.2) is 12.3 Å². The van der Waals surface area contributed by atoms with E-state index >= 15 is 0 Å². The lowest BCUT2D eigenvalue weighted by atomic mass is 10.1. The second-order valence-electron chi connectivity index (χ2n) is 3.05. The van der Waals surface area contributed by atoms with Crippen LogP contribution in [0.15, 0.2) is 22.7 Å². The highest BCUT2D eigenvalue weighted by Gasteiger charge is 2.19. The highest BCUT2D eigenvalue weighted by atomic mass is 19.1. The third-order valence-corrected chi connectivity index (χ3v) is 2.06. The van der Waals surface area contributed by atoms with Crippen LogP contribution in [0.4, 0.5) is 14.7 Å². The van der Waals surface area contributed by atoms with E-state index in [1.807, 2.05) is 0 Å². The van der Waals surface area contributed by atoms with E-state index in [2.05, 4.69) is 9.68 Å². The molecule has 16 heavy (non-hydrogen) atoms. The van der Waals surface area contributed by atoms with Crippen molar-refractivity contribution in [2.45, 2.75) is 0 Å². The van der Waals surface area contributed by atoms with Gasteiger partial charge in [-0.3, -0.25) is 0 Å². The molecule has 6 heteroatoms. The number of hydrogen-bond acceptors (Lipinski definition) is 4. The Bertz CT molecular complexity index is 526. The van der Waals surface area contributed by atoms with Gasteiger partial charge in [-0.05, 0) is 12.1 Å². The van der Waals surface area contributed by atoms with Crippen LogP contribution < -0.4 is 10.5 Å². The van der Waals surface area contributed by atoms with Gasteiger partial charge in [0.15, 0.2) is 11.6 Å². The van der Waals surface area contributed by atoms with Crippen LogP contribution in [0.2, 0.25) is 0 Å². The summed E-state index contributed by atoms with van der Waals surface area (Å²) in [5, 5.41) is 3.45. The number of nitrogen functional groups attached to an aromatic ring is 1. The van der Waals surface area contributed by atoms with E-state index < -0.39 is 11.6 Å². The fourth-order valence-electron chi connectivity index (χ4n) is 1.33. The summed E-state index contributed by atoms with van der Waals surface area (Å²) in [6, 6.07) is 3.51. The third-order valence-electron chi connectivity index (χ3n) is 2.06. The van der Waals surface area contributed by atoms with E-state index in [1.165, 1.54) is 19.2 Å². The van der Waals surface area contributed by atoms with E-state index in [-0.39, 0.29) is 22.9 Å². The van der Waals surface area contributed by atoms with E-state index in [0.29, 0.717) is 0 Å². The molecule has 0 aliphatic rings. The molecule has 0 aliphatic heterocycles. The number of benzene rings is 1. The fourth-order valence-corrected chi connectivity index (χ4v) is 1.33. The van der Waals surface area contributed by atoms with Crippen molar-refractivity contribution in [2.24, 2.45) is 0 Å². The normalized spacial score (nSPS) is 10.4. The monoisotopic (exact) mass is 226 g/mol. The Morgan fingerprint density at radius 3 is 2.69 bits per heavy atom. The predicted octanol–water partition coefficient (Wildman–Crippen LogP) is 2.21. The number of aromatic nitrogens is 1. The SMILES string of the molecule is COc1ccc(F)c(-c2cc(N)on2)c1F. The van der Waals surface area contributed by atoms with Crippen molar-refractivity contribution in [3.8, 4) is 17.0 Å². The van der Waals surface area contributed by atoms with Gasteiger partial charge in [-0.2, -0.15) is 0 Å². The van der Waals surface area contributed by atoms with Gasteiger partial charge in [0, 0.05) is 6.07 Å². The van der Waals surface area contributed by atoms with E-state index in [1.54, 1.807) is 0 Å². The zero-order chi connectivity index (χ0) is 11.7. The number of rotatable bonds is 2. The number of halogens is 2. The van der Waals surface area contributed by atoms with Crippen LogP contribution in [0.1, 0.15) is 0 Å². The predicted molar refractivity (Wildman–Crippen MR) is 52.8 cm³/mol. The molecule has 0 radical (unpaired) electrons. The van der Waals surface area contributed by atoms with Gasteiger partial charge in [0.25, 0.3) is 0 Å². The molecule has 1 aromatic carbocycles. The van der Waals surface area contributed by atoms with Gasteiger partial charge in [-0.1, -0.05) is 5.16 Å². The molecule has 2 aromatic rings. The molecule has 0 saturated carbocycles. The Morgan fingerprint density at radius 1 is 1.38 bits per heavy atom. The van der Waals surface area contributed by atoms with Crippen molar-refractivity contribution < 1.29 is 18.0 Å². The maximum atomic E-state index is 13.7. The summed E-state index contributed by atoms with van der Waals surface area (Å²) in [5.41, 5.74) is 4.95. The minimum atomic E-state index is -0.837. The average molecular weight is 226 g/mol. The van der Waals surface area contributed by atoms with Gasteiger partial charge in [-0.15, -0.1) is 0 Å². The summed E-state index contributed by atoms with van der Waals surface area (Å²) in [4.78, 5) is 0. The zero-order valence-electron chi connectivity index (χ0n) is 8.33. The maximum Gasteiger partial charge on any atom is 0.222 e. The first-order valence-corrected chi connectivity index (χ1v) is 4.38. The largest absolute Gasteiger partial charge is 0.494 e. The Labute approximate surface area is 89.6 Å². The number of nitrogens with two attached hydrogens (primary N) is 1. The van der Waals surface area contributed by atoms with Crippen molar-refractivity contribution >= 4 is 5.88 Å². The number of nitrogens with zero attached hydrogens (tertiary/aromatic N) is 1. The molecule has 0 spiro atoms. The minimum absolute atomic E-state index is 0.00796. The first-order chi connectivity index (χ1) is 7.63. The maximum absolute atomic E-state index is 13.7. The van der Waals surface area contributed by atoms with Crippen LogP contribution in [-0.2, 0) is 0 Å². The van der Waals surface area contributed by atoms with Crippen molar-refractivity contribution in [3.05, 3.63) is 29.8 Å². The Morgan fingerprint density at radius 2 is 2.12 bits per heavy atom. The molecular weight excluding hydrogens is 218 g/mol. The molecule has 0 atom stereocenters. The fraction of sp³-hybridized carbons (Fsp3) is 0.100. The molecule has 0 aliphatic carbocycles. The average Bonchev–Trinajstić information content (AvgIpc) is 2.65. The Balaban J connectivity index is 2.63. The number of methoxy groups -OCH3 is 1. The smallest absolute Gasteiger partial charge is 0.222 e. The number of hydrogen-bond donors (Lipinski definition) is 1. The summed E-state index contributed by atoms with van der Waals surface area (Å²) in [6.07, 6.45) is 0. The van der Waals surface area contributed by atoms with Crippen molar-refractivity contribution in [2.75, 3.05) is 12.8 Å². The lowest BCUT2D eigenvalue weighted by Crippen LogP contribution is -1.95. The molecule has 1 aromatic heterocycles. The highest BCUT2D eigenvalue weighted by Crippen LogP contribution is 2.31. The molecule has 2 N–H and O–H groups in total. The number of anilines is 1. The van der Waals surface area contributed by atoms with Gasteiger partial charge in [-0.25, -0.2) is 8.78 Å². The summed E-state index contributed by atoms with van der Waals surface area (Å²) >= 11 is 0. The van der Waals surface area contributed by atoms with Crippen LogP contribution >= 0.6 is 0 Å². The van der Waals surface area contributed by atoms with Crippen LogP contribution in [0.3, 0.4) is 0 Å². The van der Waals surface area contributed by atoms with Crippen LogP contribution in [0.25, 0.3) is 11.3 Å². The van der Waals surface area contributed by atoms with Crippen molar-refractivity contribution in [3.63, 3.8) is 0 Å². The van der Waals surface area contributed by atoms with Gasteiger partial charge in [0.05, 0.1) is 12.7 Å². The van der Waals surface area contributed by atoms with Crippen molar-refractivity contribution in [1.29, 1.82) is 0 Å². The molecule has 0 saturated heterocycles. The lowest BCUT2D eigenvalue weighted by molar-refractivity contribution is 0.384.